The van der Waals surface area contributed by atoms with Crippen LogP contribution in [-0.2, 0) is 17.8 Å². The number of hydrogen-bond donors (Lipinski definition) is 2. The predicted octanol–water partition coefficient (Wildman–Crippen LogP) is 6.22. The van der Waals surface area contributed by atoms with Crippen molar-refractivity contribution in [2.45, 2.75) is 32.2 Å². The average Bonchev–Trinajstić information content (AvgIpc) is 3.21. The number of hydrogen-bond acceptors (Lipinski definition) is 1. The van der Waals surface area contributed by atoms with Crippen molar-refractivity contribution >= 4 is 28.4 Å². The summed E-state index contributed by atoms with van der Waals surface area (Å²) in [7, 11) is 0. The van der Waals surface area contributed by atoms with Gasteiger partial charge in [0, 0.05) is 41.0 Å². The molecular formula is C26H25ClN2O. The molecule has 0 bridgehead atoms. The van der Waals surface area contributed by atoms with Gasteiger partial charge in [0.05, 0.1) is 0 Å². The lowest BCUT2D eigenvalue weighted by atomic mass is 9.87. The van der Waals surface area contributed by atoms with E-state index in [0.717, 1.165) is 28.6 Å². The highest BCUT2D eigenvalue weighted by molar-refractivity contribution is 6.30. The van der Waals surface area contributed by atoms with Crippen molar-refractivity contribution < 1.29 is 4.79 Å². The topological polar surface area (TPSA) is 44.9 Å². The normalized spacial score (nSPS) is 12.1. The molecule has 0 radical (unpaired) electrons. The number of halogens is 1. The van der Waals surface area contributed by atoms with Crippen LogP contribution in [0.4, 0.5) is 0 Å². The summed E-state index contributed by atoms with van der Waals surface area (Å²) in [5, 5.41) is 4.93. The Balaban J connectivity index is 1.64. The molecule has 0 unspecified atom stereocenters. The number of para-hydroxylation sites is 1. The Labute approximate surface area is 182 Å². The van der Waals surface area contributed by atoms with Crippen LogP contribution in [0.2, 0.25) is 5.02 Å². The molecule has 4 aromatic rings. The molecule has 0 saturated heterocycles. The van der Waals surface area contributed by atoms with Crippen molar-refractivity contribution in [2.75, 3.05) is 0 Å². The van der Waals surface area contributed by atoms with Crippen molar-refractivity contribution in [3.63, 3.8) is 0 Å². The number of rotatable bonds is 7. The molecule has 0 spiro atoms. The summed E-state index contributed by atoms with van der Waals surface area (Å²) < 4.78 is 0. The lowest BCUT2D eigenvalue weighted by Crippen LogP contribution is -2.25. The highest BCUT2D eigenvalue weighted by atomic mass is 35.5. The number of aromatic nitrogens is 1. The fourth-order valence-corrected chi connectivity index (χ4v) is 4.10. The van der Waals surface area contributed by atoms with Gasteiger partial charge in [0.25, 0.3) is 0 Å². The zero-order valence-corrected chi connectivity index (χ0v) is 17.7. The number of carbonyl (C=O) groups is 1. The second kappa shape index (κ2) is 9.19. The minimum absolute atomic E-state index is 0.0276. The molecule has 4 heteroatoms. The minimum Gasteiger partial charge on any atom is -0.361 e. The number of carbonyl (C=O) groups excluding carboxylic acids is 1. The second-order valence-corrected chi connectivity index (χ2v) is 7.94. The van der Waals surface area contributed by atoms with Gasteiger partial charge >= 0.3 is 0 Å². The van der Waals surface area contributed by atoms with Crippen molar-refractivity contribution in [3.8, 4) is 0 Å². The standard InChI is InChI=1S/C26H25ClN2O/c1-2-19-9-6-10-22-24(17-29-26(19)22)23(20-11-13-21(27)14-12-20)15-25(30)28-16-18-7-4-3-5-8-18/h3-14,17,23,29H,2,15-16H2,1H3,(H,28,30)/t23-/m1/s1. The lowest BCUT2D eigenvalue weighted by molar-refractivity contribution is -0.121. The molecule has 1 amide bonds. The van der Waals surface area contributed by atoms with E-state index in [1.807, 2.05) is 60.8 Å². The van der Waals surface area contributed by atoms with Gasteiger partial charge < -0.3 is 10.3 Å². The lowest BCUT2D eigenvalue weighted by Gasteiger charge is -2.18. The Kier molecular flexibility index (Phi) is 6.20. The molecule has 0 aliphatic rings. The fourth-order valence-electron chi connectivity index (χ4n) is 3.98. The molecule has 1 heterocycles. The molecule has 0 aliphatic heterocycles. The maximum atomic E-state index is 12.9. The van der Waals surface area contributed by atoms with E-state index in [2.05, 4.69) is 35.4 Å². The quantitative estimate of drug-likeness (QED) is 0.369. The third kappa shape index (κ3) is 4.42. The van der Waals surface area contributed by atoms with Crippen LogP contribution < -0.4 is 5.32 Å². The molecule has 1 atom stereocenters. The summed E-state index contributed by atoms with van der Waals surface area (Å²) in [6.45, 7) is 2.68. The number of fused-ring (bicyclic) bond motifs is 1. The molecule has 0 aliphatic carbocycles. The summed E-state index contributed by atoms with van der Waals surface area (Å²) in [6.07, 6.45) is 3.38. The first-order chi connectivity index (χ1) is 14.7. The number of H-pyrrole nitrogens is 1. The number of nitrogens with one attached hydrogen (secondary N) is 2. The molecule has 4 rings (SSSR count). The van der Waals surface area contributed by atoms with Crippen LogP contribution in [0.25, 0.3) is 10.9 Å². The van der Waals surface area contributed by atoms with Gasteiger partial charge in [0.15, 0.2) is 0 Å². The summed E-state index contributed by atoms with van der Waals surface area (Å²) in [5.74, 6) is -0.0290. The van der Waals surface area contributed by atoms with Crippen LogP contribution in [-0.4, -0.2) is 10.9 Å². The van der Waals surface area contributed by atoms with Gasteiger partial charge in [-0.05, 0) is 40.8 Å². The van der Waals surface area contributed by atoms with Gasteiger partial charge in [-0.15, -0.1) is 0 Å². The molecular weight excluding hydrogens is 392 g/mol. The fraction of sp³-hybridized carbons (Fsp3) is 0.192. The van der Waals surface area contributed by atoms with Crippen molar-refractivity contribution in [3.05, 3.63) is 106 Å². The number of amides is 1. The molecule has 0 fully saturated rings. The molecule has 3 aromatic carbocycles. The molecule has 0 saturated carbocycles. The third-order valence-corrected chi connectivity index (χ3v) is 5.84. The second-order valence-electron chi connectivity index (χ2n) is 7.51. The summed E-state index contributed by atoms with van der Waals surface area (Å²) >= 11 is 6.11. The van der Waals surface area contributed by atoms with E-state index in [4.69, 9.17) is 11.6 Å². The van der Waals surface area contributed by atoms with E-state index < -0.39 is 0 Å². The van der Waals surface area contributed by atoms with Crippen LogP contribution in [0.3, 0.4) is 0 Å². The van der Waals surface area contributed by atoms with Gasteiger partial charge in [-0.3, -0.25) is 4.79 Å². The average molecular weight is 417 g/mol. The van der Waals surface area contributed by atoms with Gasteiger partial charge in [0.1, 0.15) is 0 Å². The maximum absolute atomic E-state index is 12.9. The van der Waals surface area contributed by atoms with Gasteiger partial charge in [-0.2, -0.15) is 0 Å². The zero-order valence-electron chi connectivity index (χ0n) is 17.0. The Morgan fingerprint density at radius 1 is 1.00 bits per heavy atom. The van der Waals surface area contributed by atoms with Crippen LogP contribution in [0.15, 0.2) is 79.0 Å². The SMILES string of the molecule is CCc1cccc2c([C@H](CC(=O)NCc3ccccc3)c3ccc(Cl)cc3)c[nH]c12. The number of aromatic amines is 1. The van der Waals surface area contributed by atoms with E-state index in [1.54, 1.807) is 0 Å². The van der Waals surface area contributed by atoms with E-state index >= 15 is 0 Å². The first-order valence-electron chi connectivity index (χ1n) is 10.3. The highest BCUT2D eigenvalue weighted by Crippen LogP contribution is 2.35. The van der Waals surface area contributed by atoms with Gasteiger partial charge in [-0.25, -0.2) is 0 Å². The molecule has 152 valence electrons. The summed E-state index contributed by atoms with van der Waals surface area (Å²) in [4.78, 5) is 16.3. The Morgan fingerprint density at radius 2 is 1.77 bits per heavy atom. The van der Waals surface area contributed by atoms with E-state index in [9.17, 15) is 4.79 Å². The Morgan fingerprint density at radius 3 is 2.50 bits per heavy atom. The van der Waals surface area contributed by atoms with Crippen molar-refractivity contribution in [1.82, 2.24) is 10.3 Å². The first-order valence-corrected chi connectivity index (χ1v) is 10.7. The van der Waals surface area contributed by atoms with Crippen LogP contribution in [0.5, 0.6) is 0 Å². The van der Waals surface area contributed by atoms with Crippen LogP contribution >= 0.6 is 11.6 Å². The number of benzene rings is 3. The van der Waals surface area contributed by atoms with Crippen LogP contribution in [0, 0.1) is 0 Å². The summed E-state index contributed by atoms with van der Waals surface area (Å²) in [6, 6.07) is 24.1. The smallest absolute Gasteiger partial charge is 0.221 e. The minimum atomic E-state index is -0.0566. The van der Waals surface area contributed by atoms with Gasteiger partial charge in [0.2, 0.25) is 5.91 Å². The zero-order chi connectivity index (χ0) is 20.9. The highest BCUT2D eigenvalue weighted by Gasteiger charge is 2.22. The molecule has 3 nitrogen and oxygen atoms in total. The van der Waals surface area contributed by atoms with Gasteiger partial charge in [-0.1, -0.05) is 79.2 Å². The van der Waals surface area contributed by atoms with Crippen molar-refractivity contribution in [1.29, 1.82) is 0 Å². The molecule has 30 heavy (non-hydrogen) atoms. The Hall–Kier alpha value is -3.04. The van der Waals surface area contributed by atoms with E-state index in [-0.39, 0.29) is 11.8 Å². The van der Waals surface area contributed by atoms with Crippen LogP contribution in [0.1, 0.15) is 41.5 Å². The summed E-state index contributed by atoms with van der Waals surface area (Å²) in [5.41, 5.74) is 5.74. The molecule has 2 N–H and O–H groups in total. The van der Waals surface area contributed by atoms with E-state index in [1.165, 1.54) is 10.9 Å². The van der Waals surface area contributed by atoms with E-state index in [0.29, 0.717) is 18.0 Å². The maximum Gasteiger partial charge on any atom is 0.221 e. The Bertz CT molecular complexity index is 1130. The third-order valence-electron chi connectivity index (χ3n) is 5.58. The predicted molar refractivity (Wildman–Crippen MR) is 124 cm³/mol. The monoisotopic (exact) mass is 416 g/mol. The first kappa shape index (κ1) is 20.2. The largest absolute Gasteiger partial charge is 0.361 e. The number of aryl methyl sites for hydroxylation is 1. The molecule has 1 aromatic heterocycles. The van der Waals surface area contributed by atoms with Crippen molar-refractivity contribution in [2.24, 2.45) is 0 Å².